The van der Waals surface area contributed by atoms with Gasteiger partial charge in [-0.1, -0.05) is 0 Å². The lowest BCUT2D eigenvalue weighted by atomic mass is 10.4. The molecule has 2 rings (SSSR count). The Hall–Kier alpha value is -1.96. The van der Waals surface area contributed by atoms with E-state index >= 15 is 0 Å². The van der Waals surface area contributed by atoms with E-state index < -0.39 is 4.92 Å². The Morgan fingerprint density at radius 2 is 2.27 bits per heavy atom. The van der Waals surface area contributed by atoms with Gasteiger partial charge in [0, 0.05) is 6.07 Å². The summed E-state index contributed by atoms with van der Waals surface area (Å²) < 4.78 is 0. The van der Waals surface area contributed by atoms with Gasteiger partial charge in [0.15, 0.2) is 5.16 Å². The minimum Gasteiger partial charge on any atom is -0.258 e. The lowest BCUT2D eigenvalue weighted by molar-refractivity contribution is -0.385. The molecular formula is C7H5N5O2S. The van der Waals surface area contributed by atoms with Crippen LogP contribution in [0, 0.1) is 10.1 Å². The number of rotatable bonds is 3. The molecule has 76 valence electrons. The largest absolute Gasteiger partial charge is 0.287 e. The zero-order valence-electron chi connectivity index (χ0n) is 7.32. The molecular weight excluding hydrogens is 218 g/mol. The lowest BCUT2D eigenvalue weighted by Gasteiger charge is -1.95. The smallest absolute Gasteiger partial charge is 0.258 e. The van der Waals surface area contributed by atoms with E-state index in [4.69, 9.17) is 0 Å². The van der Waals surface area contributed by atoms with Crippen LogP contribution < -0.4 is 0 Å². The minimum absolute atomic E-state index is 0.0306. The van der Waals surface area contributed by atoms with E-state index in [1.165, 1.54) is 30.4 Å². The Bertz CT molecular complexity index is 455. The van der Waals surface area contributed by atoms with Crippen LogP contribution in [-0.4, -0.2) is 25.1 Å². The average Bonchev–Trinajstić information content (AvgIpc) is 2.71. The summed E-state index contributed by atoms with van der Waals surface area (Å²) in [6, 6.07) is 2.96. The summed E-state index contributed by atoms with van der Waals surface area (Å²) in [7, 11) is 0. The molecule has 2 aromatic rings. The highest BCUT2D eigenvalue weighted by atomic mass is 32.2. The maximum absolute atomic E-state index is 10.4. The van der Waals surface area contributed by atoms with Gasteiger partial charge in [-0.2, -0.15) is 5.10 Å². The molecule has 0 saturated carbocycles. The second-order valence-electron chi connectivity index (χ2n) is 2.50. The molecule has 15 heavy (non-hydrogen) atoms. The van der Waals surface area contributed by atoms with E-state index in [9.17, 15) is 10.1 Å². The molecule has 0 saturated heterocycles. The molecule has 2 aromatic heterocycles. The van der Waals surface area contributed by atoms with E-state index in [0.717, 1.165) is 0 Å². The van der Waals surface area contributed by atoms with Crippen molar-refractivity contribution in [3.63, 3.8) is 0 Å². The summed E-state index contributed by atoms with van der Waals surface area (Å²) in [5, 5.41) is 17.9. The van der Waals surface area contributed by atoms with Gasteiger partial charge in [-0.25, -0.2) is 9.97 Å². The number of H-pyrrole nitrogens is 1. The number of aromatic nitrogens is 4. The number of nitrogens with zero attached hydrogens (tertiary/aromatic N) is 4. The van der Waals surface area contributed by atoms with Crippen molar-refractivity contribution in [1.82, 2.24) is 20.2 Å². The molecule has 0 amide bonds. The molecule has 0 fully saturated rings. The lowest BCUT2D eigenvalue weighted by Crippen LogP contribution is -1.89. The molecule has 2 heterocycles. The molecule has 0 aliphatic rings. The fraction of sp³-hybridized carbons (Fsp3) is 0. The van der Waals surface area contributed by atoms with Crippen molar-refractivity contribution in [3.8, 4) is 0 Å². The third-order valence-electron chi connectivity index (χ3n) is 1.53. The number of nitro groups is 1. The van der Waals surface area contributed by atoms with Crippen molar-refractivity contribution in [1.29, 1.82) is 0 Å². The molecule has 0 spiro atoms. The molecule has 0 aromatic carbocycles. The van der Waals surface area contributed by atoms with Gasteiger partial charge in [-0.15, -0.1) is 0 Å². The Labute approximate surface area is 88.1 Å². The standard InChI is InChI=1S/C7H5N5O2S/c13-12(14)5-1-2-6(8-3-5)15-7-9-4-10-11-7/h1-4H,(H,9,10,11). The van der Waals surface area contributed by atoms with E-state index in [-0.39, 0.29) is 5.69 Å². The fourth-order valence-corrected chi connectivity index (χ4v) is 1.52. The van der Waals surface area contributed by atoms with E-state index in [1.54, 1.807) is 6.07 Å². The maximum atomic E-state index is 10.4. The number of hydrogen-bond acceptors (Lipinski definition) is 6. The molecule has 0 atom stereocenters. The van der Waals surface area contributed by atoms with Gasteiger partial charge in [0.05, 0.1) is 4.92 Å². The highest BCUT2D eigenvalue weighted by Crippen LogP contribution is 2.22. The van der Waals surface area contributed by atoms with Crippen LogP contribution in [0.25, 0.3) is 0 Å². The summed E-state index contributed by atoms with van der Waals surface area (Å²) in [6.07, 6.45) is 2.59. The van der Waals surface area contributed by atoms with Gasteiger partial charge >= 0.3 is 0 Å². The van der Waals surface area contributed by atoms with Crippen molar-refractivity contribution in [2.24, 2.45) is 0 Å². The van der Waals surface area contributed by atoms with Gasteiger partial charge in [-0.05, 0) is 17.8 Å². The molecule has 8 heteroatoms. The van der Waals surface area contributed by atoms with Gasteiger partial charge in [-0.3, -0.25) is 15.2 Å². The maximum Gasteiger partial charge on any atom is 0.287 e. The van der Waals surface area contributed by atoms with E-state index in [2.05, 4.69) is 20.2 Å². The van der Waals surface area contributed by atoms with Gasteiger partial charge in [0.25, 0.3) is 5.69 Å². The Kier molecular flexibility index (Phi) is 2.59. The minimum atomic E-state index is -0.490. The van der Waals surface area contributed by atoms with Crippen molar-refractivity contribution in [2.75, 3.05) is 0 Å². The molecule has 0 aliphatic carbocycles. The van der Waals surface area contributed by atoms with E-state index in [1.807, 2.05) is 0 Å². The van der Waals surface area contributed by atoms with Crippen LogP contribution in [0.1, 0.15) is 0 Å². The van der Waals surface area contributed by atoms with Crippen molar-refractivity contribution < 1.29 is 4.92 Å². The summed E-state index contributed by atoms with van der Waals surface area (Å²) in [4.78, 5) is 17.7. The Morgan fingerprint density at radius 3 is 2.80 bits per heavy atom. The van der Waals surface area contributed by atoms with E-state index in [0.29, 0.717) is 10.2 Å². The number of hydrogen-bond donors (Lipinski definition) is 1. The zero-order chi connectivity index (χ0) is 10.7. The first kappa shape index (κ1) is 9.59. The topological polar surface area (TPSA) is 97.6 Å². The van der Waals surface area contributed by atoms with Crippen LogP contribution in [0.4, 0.5) is 5.69 Å². The third kappa shape index (κ3) is 2.29. The average molecular weight is 223 g/mol. The number of pyridine rings is 1. The van der Waals surface area contributed by atoms with Crippen LogP contribution >= 0.6 is 11.8 Å². The normalized spacial score (nSPS) is 10.1. The summed E-state index contributed by atoms with van der Waals surface area (Å²) in [6.45, 7) is 0. The third-order valence-corrected chi connectivity index (χ3v) is 2.37. The summed E-state index contributed by atoms with van der Waals surface area (Å²) in [5.74, 6) is 0. The Morgan fingerprint density at radius 1 is 1.40 bits per heavy atom. The van der Waals surface area contributed by atoms with Crippen LogP contribution in [0.2, 0.25) is 0 Å². The predicted molar refractivity (Wildman–Crippen MR) is 51.4 cm³/mol. The molecule has 0 bridgehead atoms. The fourth-order valence-electron chi connectivity index (χ4n) is 0.883. The van der Waals surface area contributed by atoms with Crippen LogP contribution in [0.15, 0.2) is 34.8 Å². The molecule has 0 aliphatic heterocycles. The Balaban J connectivity index is 2.14. The predicted octanol–water partition coefficient (Wildman–Crippen LogP) is 1.26. The van der Waals surface area contributed by atoms with Crippen molar-refractivity contribution >= 4 is 17.4 Å². The van der Waals surface area contributed by atoms with Crippen LogP contribution in [0.5, 0.6) is 0 Å². The number of aromatic amines is 1. The highest BCUT2D eigenvalue weighted by Gasteiger charge is 2.06. The first-order valence-electron chi connectivity index (χ1n) is 3.89. The molecule has 0 unspecified atom stereocenters. The molecule has 7 nitrogen and oxygen atoms in total. The highest BCUT2D eigenvalue weighted by molar-refractivity contribution is 7.99. The van der Waals surface area contributed by atoms with Crippen molar-refractivity contribution in [2.45, 2.75) is 10.2 Å². The van der Waals surface area contributed by atoms with Crippen molar-refractivity contribution in [3.05, 3.63) is 34.8 Å². The number of nitrogens with one attached hydrogen (secondary N) is 1. The first-order chi connectivity index (χ1) is 7.25. The van der Waals surface area contributed by atoms with Gasteiger partial charge in [0.1, 0.15) is 17.6 Å². The molecule has 1 N–H and O–H groups in total. The van der Waals surface area contributed by atoms with Gasteiger partial charge < -0.3 is 0 Å². The van der Waals surface area contributed by atoms with Crippen LogP contribution in [0.3, 0.4) is 0 Å². The quantitative estimate of drug-likeness (QED) is 0.621. The van der Waals surface area contributed by atoms with Gasteiger partial charge in [0.2, 0.25) is 0 Å². The SMILES string of the molecule is O=[N+]([O-])c1ccc(Sc2ncn[nH]2)nc1. The van der Waals surface area contributed by atoms with Crippen LogP contribution in [-0.2, 0) is 0 Å². The first-order valence-corrected chi connectivity index (χ1v) is 4.71. The second kappa shape index (κ2) is 4.05. The molecule has 0 radical (unpaired) electrons. The summed E-state index contributed by atoms with van der Waals surface area (Å²) in [5.41, 5.74) is -0.0306. The second-order valence-corrected chi connectivity index (χ2v) is 3.51. The monoisotopic (exact) mass is 223 g/mol. The zero-order valence-corrected chi connectivity index (χ0v) is 8.14. The summed E-state index contributed by atoms with van der Waals surface area (Å²) >= 11 is 1.25.